The molecule has 31 heavy (non-hydrogen) atoms. The monoisotopic (exact) mass is 423 g/mol. The molecule has 0 N–H and O–H groups in total. The minimum absolute atomic E-state index is 0.0590. The van der Waals surface area contributed by atoms with Gasteiger partial charge in [0.1, 0.15) is 0 Å². The molecule has 0 radical (unpaired) electrons. The molecule has 1 amide bonds. The standard InChI is InChI=1S/C24H20F3N3O/c1-15-13-18(17(3)29(15)22-12-8-7-11-21(22)24(25,26)27)14-20-16(2)28-30(23(20)31)19-9-5-4-6-10-19/h4-14H,1-3H3. The zero-order valence-electron chi connectivity index (χ0n) is 17.2. The lowest BCUT2D eigenvalue weighted by Gasteiger charge is -2.16. The summed E-state index contributed by atoms with van der Waals surface area (Å²) in [5.41, 5.74) is 2.88. The number of aromatic nitrogens is 1. The molecule has 0 unspecified atom stereocenters. The number of rotatable bonds is 3. The highest BCUT2D eigenvalue weighted by Crippen LogP contribution is 2.36. The number of anilines is 1. The topological polar surface area (TPSA) is 37.6 Å². The number of halogens is 3. The third kappa shape index (κ3) is 3.67. The van der Waals surface area contributed by atoms with Crippen LogP contribution in [0.25, 0.3) is 11.8 Å². The second-order valence-electron chi connectivity index (χ2n) is 7.37. The fourth-order valence-electron chi connectivity index (χ4n) is 3.80. The summed E-state index contributed by atoms with van der Waals surface area (Å²) in [5, 5.41) is 5.69. The molecule has 2 aromatic carbocycles. The number of nitrogens with zero attached hydrogens (tertiary/aromatic N) is 3. The minimum atomic E-state index is -4.47. The first-order valence-electron chi connectivity index (χ1n) is 9.71. The predicted octanol–water partition coefficient (Wildman–Crippen LogP) is 5.92. The molecule has 0 bridgehead atoms. The van der Waals surface area contributed by atoms with Gasteiger partial charge in [-0.2, -0.15) is 23.3 Å². The SMILES string of the molecule is CC1=NN(c2ccccc2)C(=O)C1=Cc1cc(C)n(-c2ccccc2C(F)(F)F)c1C. The van der Waals surface area contributed by atoms with Crippen LogP contribution in [0.15, 0.2) is 71.3 Å². The van der Waals surface area contributed by atoms with Crippen molar-refractivity contribution >= 4 is 23.4 Å². The summed E-state index contributed by atoms with van der Waals surface area (Å²) in [5.74, 6) is -0.274. The van der Waals surface area contributed by atoms with E-state index in [1.165, 1.54) is 17.1 Å². The highest BCUT2D eigenvalue weighted by Gasteiger charge is 2.34. The number of aryl methyl sites for hydroxylation is 1. The molecule has 7 heteroatoms. The summed E-state index contributed by atoms with van der Waals surface area (Å²) in [6.07, 6.45) is -2.78. The highest BCUT2D eigenvalue weighted by atomic mass is 19.4. The highest BCUT2D eigenvalue weighted by molar-refractivity contribution is 6.32. The van der Waals surface area contributed by atoms with Crippen LogP contribution in [0.2, 0.25) is 0 Å². The molecule has 158 valence electrons. The van der Waals surface area contributed by atoms with Gasteiger partial charge in [0.25, 0.3) is 5.91 Å². The Morgan fingerprint density at radius 1 is 0.935 bits per heavy atom. The molecule has 2 heterocycles. The molecule has 0 spiro atoms. The normalized spacial score (nSPS) is 15.7. The first-order chi connectivity index (χ1) is 14.7. The van der Waals surface area contributed by atoms with Crippen molar-refractivity contribution < 1.29 is 18.0 Å². The van der Waals surface area contributed by atoms with Crippen molar-refractivity contribution in [1.82, 2.24) is 4.57 Å². The van der Waals surface area contributed by atoms with E-state index in [1.54, 1.807) is 55.7 Å². The number of carbonyl (C=O) groups excluding carboxylic acids is 1. The molecule has 4 rings (SSSR count). The van der Waals surface area contributed by atoms with E-state index in [4.69, 9.17) is 0 Å². The van der Waals surface area contributed by atoms with E-state index in [0.29, 0.717) is 33.9 Å². The van der Waals surface area contributed by atoms with Crippen LogP contribution in [-0.4, -0.2) is 16.2 Å². The molecule has 0 atom stereocenters. The number of alkyl halides is 3. The quantitative estimate of drug-likeness (QED) is 0.482. The maximum absolute atomic E-state index is 13.5. The number of hydrogen-bond donors (Lipinski definition) is 0. The van der Waals surface area contributed by atoms with Crippen LogP contribution >= 0.6 is 0 Å². The Labute approximate surface area is 177 Å². The number of amides is 1. The molecule has 4 nitrogen and oxygen atoms in total. The van der Waals surface area contributed by atoms with Gasteiger partial charge in [-0.05, 0) is 62.7 Å². The van der Waals surface area contributed by atoms with Crippen LogP contribution in [0.3, 0.4) is 0 Å². The molecular weight excluding hydrogens is 403 g/mol. The van der Waals surface area contributed by atoms with E-state index in [1.807, 2.05) is 18.2 Å². The summed E-state index contributed by atoms with van der Waals surface area (Å²) >= 11 is 0. The number of benzene rings is 2. The van der Waals surface area contributed by atoms with E-state index in [9.17, 15) is 18.0 Å². The van der Waals surface area contributed by atoms with Crippen LogP contribution in [0.4, 0.5) is 18.9 Å². The summed E-state index contributed by atoms with van der Waals surface area (Å²) in [6, 6.07) is 16.3. The molecule has 3 aromatic rings. The third-order valence-corrected chi connectivity index (χ3v) is 5.28. The van der Waals surface area contributed by atoms with Gasteiger partial charge in [0.2, 0.25) is 0 Å². The zero-order valence-corrected chi connectivity index (χ0v) is 17.2. The molecule has 0 saturated heterocycles. The van der Waals surface area contributed by atoms with Crippen LogP contribution in [-0.2, 0) is 11.0 Å². The van der Waals surface area contributed by atoms with Crippen molar-refractivity contribution in [1.29, 1.82) is 0 Å². The second kappa shape index (κ2) is 7.58. The zero-order chi connectivity index (χ0) is 22.3. The van der Waals surface area contributed by atoms with Gasteiger partial charge in [0.15, 0.2) is 0 Å². The molecule has 0 fully saturated rings. The van der Waals surface area contributed by atoms with E-state index in [-0.39, 0.29) is 11.6 Å². The van der Waals surface area contributed by atoms with Crippen molar-refractivity contribution in [3.8, 4) is 5.69 Å². The van der Waals surface area contributed by atoms with Crippen LogP contribution in [0.5, 0.6) is 0 Å². The van der Waals surface area contributed by atoms with Crippen LogP contribution in [0.1, 0.15) is 29.4 Å². The van der Waals surface area contributed by atoms with Gasteiger partial charge in [0, 0.05) is 11.4 Å². The lowest BCUT2D eigenvalue weighted by Crippen LogP contribution is -2.21. The van der Waals surface area contributed by atoms with Crippen molar-refractivity contribution in [2.24, 2.45) is 5.10 Å². The first kappa shape index (κ1) is 20.7. The van der Waals surface area contributed by atoms with Crippen molar-refractivity contribution in [2.75, 3.05) is 5.01 Å². The van der Waals surface area contributed by atoms with Gasteiger partial charge < -0.3 is 4.57 Å². The largest absolute Gasteiger partial charge is 0.418 e. The van der Waals surface area contributed by atoms with Crippen LogP contribution < -0.4 is 5.01 Å². The Hall–Kier alpha value is -3.61. The Bertz CT molecular complexity index is 1220. The fourth-order valence-corrected chi connectivity index (χ4v) is 3.80. The number of hydrazone groups is 1. The number of para-hydroxylation sites is 2. The van der Waals surface area contributed by atoms with Gasteiger partial charge in [-0.3, -0.25) is 4.79 Å². The summed E-state index contributed by atoms with van der Waals surface area (Å²) in [6.45, 7) is 5.23. The predicted molar refractivity (Wildman–Crippen MR) is 115 cm³/mol. The Morgan fingerprint density at radius 3 is 2.26 bits per heavy atom. The first-order valence-corrected chi connectivity index (χ1v) is 9.71. The van der Waals surface area contributed by atoms with Gasteiger partial charge in [-0.15, -0.1) is 0 Å². The van der Waals surface area contributed by atoms with Gasteiger partial charge in [0.05, 0.1) is 28.2 Å². The van der Waals surface area contributed by atoms with Gasteiger partial charge >= 0.3 is 6.18 Å². The summed E-state index contributed by atoms with van der Waals surface area (Å²) in [4.78, 5) is 13.0. The van der Waals surface area contributed by atoms with Crippen LogP contribution in [0, 0.1) is 13.8 Å². The molecule has 0 saturated carbocycles. The van der Waals surface area contributed by atoms with Gasteiger partial charge in [-0.25, -0.2) is 0 Å². The summed E-state index contributed by atoms with van der Waals surface area (Å²) in [7, 11) is 0. The minimum Gasteiger partial charge on any atom is -0.317 e. The van der Waals surface area contributed by atoms with E-state index >= 15 is 0 Å². The van der Waals surface area contributed by atoms with E-state index < -0.39 is 11.7 Å². The van der Waals surface area contributed by atoms with E-state index in [2.05, 4.69) is 5.10 Å². The maximum atomic E-state index is 13.5. The lowest BCUT2D eigenvalue weighted by atomic mass is 10.1. The Kier molecular flexibility index (Phi) is 5.05. The van der Waals surface area contributed by atoms with Crippen molar-refractivity contribution in [2.45, 2.75) is 26.9 Å². The fraction of sp³-hybridized carbons (Fsp3) is 0.167. The summed E-state index contributed by atoms with van der Waals surface area (Å²) < 4.78 is 42.2. The van der Waals surface area contributed by atoms with Gasteiger partial charge in [-0.1, -0.05) is 30.3 Å². The average Bonchev–Trinajstić information content (AvgIpc) is 3.17. The second-order valence-corrected chi connectivity index (χ2v) is 7.37. The Morgan fingerprint density at radius 2 is 1.58 bits per heavy atom. The molecule has 0 aliphatic carbocycles. The molecule has 1 aliphatic rings. The number of carbonyl (C=O) groups is 1. The number of hydrogen-bond acceptors (Lipinski definition) is 2. The average molecular weight is 423 g/mol. The molecular formula is C24H20F3N3O. The van der Waals surface area contributed by atoms with Crippen molar-refractivity contribution in [3.63, 3.8) is 0 Å². The van der Waals surface area contributed by atoms with Crippen molar-refractivity contribution in [3.05, 3.63) is 88.8 Å². The maximum Gasteiger partial charge on any atom is 0.418 e. The molecule has 1 aliphatic heterocycles. The Balaban J connectivity index is 1.77. The third-order valence-electron chi connectivity index (χ3n) is 5.28. The lowest BCUT2D eigenvalue weighted by molar-refractivity contribution is -0.137. The van der Waals surface area contributed by atoms with E-state index in [0.717, 1.165) is 6.07 Å². The smallest absolute Gasteiger partial charge is 0.317 e. The molecule has 1 aromatic heterocycles.